The van der Waals surface area contributed by atoms with E-state index in [1.54, 1.807) is 0 Å². The number of hydrogen-bond acceptors (Lipinski definition) is 2. The van der Waals surface area contributed by atoms with Crippen molar-refractivity contribution in [2.24, 2.45) is 0 Å². The van der Waals surface area contributed by atoms with Crippen molar-refractivity contribution in [3.63, 3.8) is 0 Å². The van der Waals surface area contributed by atoms with Gasteiger partial charge in [-0.05, 0) is 78.6 Å². The van der Waals surface area contributed by atoms with Gasteiger partial charge in [0.15, 0.2) is 5.78 Å². The highest BCUT2D eigenvalue weighted by Crippen LogP contribution is 2.51. The second kappa shape index (κ2) is 11.1. The number of nitrogens with one attached hydrogen (secondary N) is 1. The summed E-state index contributed by atoms with van der Waals surface area (Å²) < 4.78 is 0. The van der Waals surface area contributed by atoms with E-state index in [4.69, 9.17) is 0 Å². The number of carbonyl (C=O) groups excluding carboxylic acids is 1. The molecule has 2 nitrogen and oxygen atoms in total. The molecule has 0 saturated heterocycles. The molecule has 0 fully saturated rings. The predicted octanol–water partition coefficient (Wildman–Crippen LogP) is 8.59. The molecule has 0 bridgehead atoms. The van der Waals surface area contributed by atoms with E-state index in [-0.39, 0.29) is 0 Å². The Morgan fingerprint density at radius 1 is 1.03 bits per heavy atom. The highest BCUT2D eigenvalue weighted by atomic mass is 16.1. The Bertz CT molecular complexity index is 1040. The monoisotopic (exact) mass is 427 g/mol. The molecule has 0 aromatic heterocycles. The highest BCUT2D eigenvalue weighted by molar-refractivity contribution is 6.03. The van der Waals surface area contributed by atoms with Gasteiger partial charge in [0.05, 0.1) is 0 Å². The van der Waals surface area contributed by atoms with Crippen molar-refractivity contribution in [2.75, 3.05) is 5.32 Å². The van der Waals surface area contributed by atoms with Crippen molar-refractivity contribution < 1.29 is 4.79 Å². The maximum absolute atomic E-state index is 12.2. The van der Waals surface area contributed by atoms with Crippen LogP contribution in [0.15, 0.2) is 66.9 Å². The molecule has 32 heavy (non-hydrogen) atoms. The van der Waals surface area contributed by atoms with Crippen molar-refractivity contribution in [3.05, 3.63) is 89.2 Å². The summed E-state index contributed by atoms with van der Waals surface area (Å²) in [5.74, 6) is 0.755. The lowest BCUT2D eigenvalue weighted by Gasteiger charge is -2.13. The van der Waals surface area contributed by atoms with Gasteiger partial charge in [0, 0.05) is 29.8 Å². The molecule has 0 spiro atoms. The van der Waals surface area contributed by atoms with Crippen molar-refractivity contribution in [3.8, 4) is 11.1 Å². The lowest BCUT2D eigenvalue weighted by Crippen LogP contribution is -1.98. The number of hydrogen-bond donors (Lipinski definition) is 1. The van der Waals surface area contributed by atoms with Crippen molar-refractivity contribution >= 4 is 11.5 Å². The van der Waals surface area contributed by atoms with Gasteiger partial charge in [-0.1, -0.05) is 69.7 Å². The number of rotatable bonds is 7. The van der Waals surface area contributed by atoms with Crippen LogP contribution < -0.4 is 5.32 Å². The van der Waals surface area contributed by atoms with E-state index in [1.165, 1.54) is 33.4 Å². The molecular formula is C30H37NO. The molecule has 2 aliphatic rings. The lowest BCUT2D eigenvalue weighted by molar-refractivity contribution is 0.0994. The smallest absolute Gasteiger partial charge is 0.163 e. The molecular weight excluding hydrogens is 390 g/mol. The SMILES string of the molecule is C/C=C\C=C/Nc1ccc2c(c1)-c1c(ccc3c1CCC3=O)C2CCC.C=C(CC)CC. The summed E-state index contributed by atoms with van der Waals surface area (Å²) in [7, 11) is 0. The first kappa shape index (κ1) is 23.8. The lowest BCUT2D eigenvalue weighted by atomic mass is 9.91. The Morgan fingerprint density at radius 2 is 1.78 bits per heavy atom. The second-order valence-electron chi connectivity index (χ2n) is 8.61. The van der Waals surface area contributed by atoms with Crippen LogP contribution >= 0.6 is 0 Å². The Balaban J connectivity index is 0.000000427. The van der Waals surface area contributed by atoms with Gasteiger partial charge in [0.2, 0.25) is 0 Å². The summed E-state index contributed by atoms with van der Waals surface area (Å²) in [5.41, 5.74) is 10.1. The fourth-order valence-electron chi connectivity index (χ4n) is 4.66. The number of benzene rings is 2. The molecule has 0 heterocycles. The number of ketones is 1. The number of allylic oxidation sites excluding steroid dienone is 4. The summed E-state index contributed by atoms with van der Waals surface area (Å²) in [6, 6.07) is 11.0. The van der Waals surface area contributed by atoms with Gasteiger partial charge in [0.1, 0.15) is 0 Å². The first-order valence-corrected chi connectivity index (χ1v) is 12.1. The van der Waals surface area contributed by atoms with Crippen molar-refractivity contribution in [1.82, 2.24) is 0 Å². The van der Waals surface area contributed by atoms with E-state index < -0.39 is 0 Å². The highest BCUT2D eigenvalue weighted by Gasteiger charge is 2.34. The van der Waals surface area contributed by atoms with Gasteiger partial charge in [-0.25, -0.2) is 0 Å². The molecule has 2 heteroatoms. The first-order valence-electron chi connectivity index (χ1n) is 12.1. The van der Waals surface area contributed by atoms with Crippen molar-refractivity contribution in [2.45, 2.75) is 72.1 Å². The van der Waals surface area contributed by atoms with Crippen LogP contribution in [0.2, 0.25) is 0 Å². The number of carbonyl (C=O) groups is 1. The Morgan fingerprint density at radius 3 is 2.44 bits per heavy atom. The van der Waals surface area contributed by atoms with Crippen LogP contribution in [0, 0.1) is 0 Å². The molecule has 1 unspecified atom stereocenters. The molecule has 0 saturated carbocycles. The summed E-state index contributed by atoms with van der Waals surface area (Å²) in [5, 5.41) is 3.36. The average Bonchev–Trinajstić information content (AvgIpc) is 3.34. The maximum Gasteiger partial charge on any atom is 0.163 e. The largest absolute Gasteiger partial charge is 0.362 e. The van der Waals surface area contributed by atoms with Crippen LogP contribution in [0.25, 0.3) is 11.1 Å². The molecule has 4 rings (SSSR count). The first-order chi connectivity index (χ1) is 15.5. The van der Waals surface area contributed by atoms with Crippen LogP contribution in [0.1, 0.15) is 92.8 Å². The fraction of sp³-hybridized carbons (Fsp3) is 0.367. The van der Waals surface area contributed by atoms with E-state index in [0.717, 1.165) is 43.4 Å². The van der Waals surface area contributed by atoms with E-state index in [1.807, 2.05) is 31.4 Å². The maximum atomic E-state index is 12.2. The molecule has 1 N–H and O–H groups in total. The third-order valence-electron chi connectivity index (χ3n) is 6.55. The topological polar surface area (TPSA) is 29.1 Å². The zero-order valence-corrected chi connectivity index (χ0v) is 20.1. The van der Waals surface area contributed by atoms with E-state index in [2.05, 4.69) is 63.0 Å². The minimum atomic E-state index is 0.298. The molecule has 2 aromatic carbocycles. The van der Waals surface area contributed by atoms with E-state index in [9.17, 15) is 4.79 Å². The summed E-state index contributed by atoms with van der Waals surface area (Å²) >= 11 is 0. The molecule has 2 aromatic rings. The summed E-state index contributed by atoms with van der Waals surface area (Å²) in [6.07, 6.45) is 14.1. The molecule has 1 atom stereocenters. The van der Waals surface area contributed by atoms with Gasteiger partial charge < -0.3 is 5.32 Å². The van der Waals surface area contributed by atoms with Crippen molar-refractivity contribution in [1.29, 1.82) is 0 Å². The second-order valence-corrected chi connectivity index (χ2v) is 8.61. The normalized spacial score (nSPS) is 16.0. The average molecular weight is 428 g/mol. The summed E-state index contributed by atoms with van der Waals surface area (Å²) in [4.78, 5) is 12.2. The Hall–Kier alpha value is -2.87. The third-order valence-corrected chi connectivity index (χ3v) is 6.55. The number of Topliss-reactive ketones (excluding diaryl/α,β-unsaturated/α-hetero) is 1. The zero-order chi connectivity index (χ0) is 23.1. The Kier molecular flexibility index (Phi) is 8.27. The van der Waals surface area contributed by atoms with Crippen LogP contribution in [-0.2, 0) is 6.42 Å². The molecule has 0 amide bonds. The zero-order valence-electron chi connectivity index (χ0n) is 20.1. The standard InChI is InChI=1S/C24H25NO.C6H12/c1-3-5-6-14-25-16-8-9-18-17(7-4-2)20-11-10-19-21(12-13-23(19)26)24(20)22(18)15-16;1-4-6(3)5-2/h3,5-6,8-11,14-15,17,25H,4,7,12-13H2,1-2H3;3-5H2,1-2H3/b5-3-,14-6-;. The number of fused-ring (bicyclic) bond motifs is 5. The number of anilines is 1. The van der Waals surface area contributed by atoms with E-state index in [0.29, 0.717) is 18.1 Å². The van der Waals surface area contributed by atoms with Crippen LogP contribution in [0.4, 0.5) is 5.69 Å². The Labute approximate surface area is 194 Å². The molecule has 2 aliphatic carbocycles. The fourth-order valence-corrected chi connectivity index (χ4v) is 4.66. The minimum Gasteiger partial charge on any atom is -0.362 e. The molecule has 0 radical (unpaired) electrons. The van der Waals surface area contributed by atoms with Crippen LogP contribution in [-0.4, -0.2) is 5.78 Å². The van der Waals surface area contributed by atoms with Gasteiger partial charge in [-0.3, -0.25) is 4.79 Å². The predicted molar refractivity (Wildman–Crippen MR) is 139 cm³/mol. The van der Waals surface area contributed by atoms with Gasteiger partial charge in [-0.2, -0.15) is 0 Å². The molecule has 168 valence electrons. The van der Waals surface area contributed by atoms with Gasteiger partial charge in [-0.15, -0.1) is 0 Å². The summed E-state index contributed by atoms with van der Waals surface area (Å²) in [6.45, 7) is 12.3. The van der Waals surface area contributed by atoms with Gasteiger partial charge in [0.25, 0.3) is 0 Å². The van der Waals surface area contributed by atoms with E-state index >= 15 is 0 Å². The molecule has 0 aliphatic heterocycles. The quantitative estimate of drug-likeness (QED) is 0.354. The van der Waals surface area contributed by atoms with Crippen LogP contribution in [0.5, 0.6) is 0 Å². The third kappa shape index (κ3) is 4.96. The van der Waals surface area contributed by atoms with Gasteiger partial charge >= 0.3 is 0 Å². The minimum absolute atomic E-state index is 0.298. The van der Waals surface area contributed by atoms with Crippen LogP contribution in [0.3, 0.4) is 0 Å².